The van der Waals surface area contributed by atoms with Crippen LogP contribution in [-0.4, -0.2) is 31.9 Å². The Morgan fingerprint density at radius 2 is 1.94 bits per heavy atom. The number of pyridine rings is 1. The number of aromatic nitrogens is 3. The number of carbonyl (C=O) groups is 1. The number of anilines is 1. The van der Waals surface area contributed by atoms with Gasteiger partial charge in [0.05, 0.1) is 18.3 Å². The highest BCUT2D eigenvalue weighted by atomic mass is 16.3. The van der Waals surface area contributed by atoms with Gasteiger partial charge in [-0.05, 0) is 49.4 Å². The minimum absolute atomic E-state index is 0.0450. The van der Waals surface area contributed by atoms with Crippen LogP contribution in [-0.2, 0) is 6.54 Å². The molecule has 1 aromatic carbocycles. The number of amides is 1. The van der Waals surface area contributed by atoms with E-state index in [9.17, 15) is 9.90 Å². The molecule has 0 unspecified atom stereocenters. The number of rotatable bonds is 3. The number of aliphatic hydroxyl groups is 1. The SMILES string of the molecule is Nc1ncc(-c2cnn(C3CCC(O)CC3)c2)c2cc(-c3ccc4c(c3)CNC4=O)oc12. The first kappa shape index (κ1) is 19.1. The average molecular weight is 429 g/mol. The second kappa shape index (κ2) is 7.20. The van der Waals surface area contributed by atoms with E-state index in [-0.39, 0.29) is 12.0 Å². The van der Waals surface area contributed by atoms with Crippen molar-refractivity contribution in [3.05, 3.63) is 54.0 Å². The molecule has 8 nitrogen and oxygen atoms in total. The Labute approximate surface area is 184 Å². The average Bonchev–Trinajstić information content (AvgIpc) is 3.54. The predicted octanol–water partition coefficient (Wildman–Crippen LogP) is 3.66. The Kier molecular flexibility index (Phi) is 4.29. The fourth-order valence-corrected chi connectivity index (χ4v) is 4.80. The second-order valence-electron chi connectivity index (χ2n) is 8.64. The van der Waals surface area contributed by atoms with Gasteiger partial charge in [-0.1, -0.05) is 6.07 Å². The van der Waals surface area contributed by atoms with Gasteiger partial charge in [0, 0.05) is 46.6 Å². The van der Waals surface area contributed by atoms with Crippen LogP contribution in [0, 0.1) is 0 Å². The molecule has 0 saturated heterocycles. The molecule has 162 valence electrons. The summed E-state index contributed by atoms with van der Waals surface area (Å²) in [4.78, 5) is 16.2. The van der Waals surface area contributed by atoms with Crippen LogP contribution in [0.1, 0.15) is 47.6 Å². The summed E-state index contributed by atoms with van der Waals surface area (Å²) in [6.45, 7) is 0.522. The third kappa shape index (κ3) is 3.06. The summed E-state index contributed by atoms with van der Waals surface area (Å²) in [7, 11) is 0. The van der Waals surface area contributed by atoms with Crippen molar-refractivity contribution in [1.29, 1.82) is 0 Å². The first-order valence-corrected chi connectivity index (χ1v) is 10.9. The highest BCUT2D eigenvalue weighted by molar-refractivity contribution is 6.01. The predicted molar refractivity (Wildman–Crippen MR) is 120 cm³/mol. The van der Waals surface area contributed by atoms with Gasteiger partial charge in [-0.25, -0.2) is 4.98 Å². The maximum atomic E-state index is 11.9. The number of furan rings is 1. The molecule has 1 aliphatic carbocycles. The van der Waals surface area contributed by atoms with E-state index in [0.717, 1.165) is 53.3 Å². The largest absolute Gasteiger partial charge is 0.452 e. The van der Waals surface area contributed by atoms with Gasteiger partial charge in [-0.2, -0.15) is 5.10 Å². The molecule has 6 rings (SSSR count). The fraction of sp³-hybridized carbons (Fsp3) is 0.292. The lowest BCUT2D eigenvalue weighted by atomic mass is 9.93. The minimum atomic E-state index is -0.195. The molecule has 1 fully saturated rings. The molecule has 3 aromatic heterocycles. The number of hydrogen-bond acceptors (Lipinski definition) is 6. The summed E-state index contributed by atoms with van der Waals surface area (Å²) in [5.74, 6) is 0.967. The molecule has 4 heterocycles. The molecule has 4 N–H and O–H groups in total. The molecule has 32 heavy (non-hydrogen) atoms. The maximum Gasteiger partial charge on any atom is 0.251 e. The van der Waals surface area contributed by atoms with E-state index in [2.05, 4.69) is 15.4 Å². The molecule has 1 aliphatic heterocycles. The summed E-state index contributed by atoms with van der Waals surface area (Å²) in [6, 6.07) is 7.97. The normalized spacial score (nSPS) is 20.5. The second-order valence-corrected chi connectivity index (χ2v) is 8.64. The molecular formula is C24H23N5O3. The Bertz CT molecular complexity index is 1350. The zero-order valence-corrected chi connectivity index (χ0v) is 17.4. The fourth-order valence-electron chi connectivity index (χ4n) is 4.80. The molecular weight excluding hydrogens is 406 g/mol. The highest BCUT2D eigenvalue weighted by Crippen LogP contribution is 2.38. The molecule has 0 bridgehead atoms. The number of nitrogens with two attached hydrogens (primary N) is 1. The molecule has 1 saturated carbocycles. The van der Waals surface area contributed by atoms with Crippen LogP contribution >= 0.6 is 0 Å². The zero-order chi connectivity index (χ0) is 21.8. The molecule has 4 aromatic rings. The topological polar surface area (TPSA) is 119 Å². The monoisotopic (exact) mass is 429 g/mol. The quantitative estimate of drug-likeness (QED) is 0.457. The van der Waals surface area contributed by atoms with Crippen LogP contribution in [0.15, 0.2) is 47.3 Å². The van der Waals surface area contributed by atoms with E-state index < -0.39 is 0 Å². The van der Waals surface area contributed by atoms with Crippen LogP contribution in [0.2, 0.25) is 0 Å². The molecule has 0 atom stereocenters. The van der Waals surface area contributed by atoms with Gasteiger partial charge in [0.2, 0.25) is 0 Å². The van der Waals surface area contributed by atoms with Gasteiger partial charge >= 0.3 is 0 Å². The van der Waals surface area contributed by atoms with Crippen molar-refractivity contribution in [3.8, 4) is 22.5 Å². The van der Waals surface area contributed by atoms with E-state index in [1.807, 2.05) is 41.3 Å². The molecule has 1 amide bonds. The number of carbonyl (C=O) groups excluding carboxylic acids is 1. The Morgan fingerprint density at radius 3 is 2.78 bits per heavy atom. The van der Waals surface area contributed by atoms with Gasteiger partial charge < -0.3 is 20.6 Å². The smallest absolute Gasteiger partial charge is 0.251 e. The van der Waals surface area contributed by atoms with Crippen molar-refractivity contribution in [3.63, 3.8) is 0 Å². The standard InChI is InChI=1S/C24H23N5O3/c25-23-22-19(8-21(32-22)13-1-6-18-14(7-13)9-27-24(18)31)20(11-26-23)15-10-28-29(12-15)16-2-4-17(30)5-3-16/h1,6-8,10-12,16-17,30H,2-5,9H2,(H2,25,26)(H,27,31). The van der Waals surface area contributed by atoms with E-state index in [0.29, 0.717) is 35.3 Å². The van der Waals surface area contributed by atoms with E-state index >= 15 is 0 Å². The van der Waals surface area contributed by atoms with Gasteiger partial charge in [0.1, 0.15) is 5.76 Å². The summed E-state index contributed by atoms with van der Waals surface area (Å²) in [5, 5.41) is 18.1. The van der Waals surface area contributed by atoms with Crippen molar-refractivity contribution in [2.75, 3.05) is 5.73 Å². The van der Waals surface area contributed by atoms with E-state index in [1.165, 1.54) is 0 Å². The Hall–Kier alpha value is -3.65. The number of nitrogens with zero attached hydrogens (tertiary/aromatic N) is 3. The molecule has 2 aliphatic rings. The Balaban J connectivity index is 1.39. The third-order valence-corrected chi connectivity index (χ3v) is 6.61. The maximum absolute atomic E-state index is 11.9. The number of nitrogens with one attached hydrogen (secondary N) is 1. The van der Waals surface area contributed by atoms with E-state index in [1.54, 1.807) is 6.20 Å². The number of nitrogen functional groups attached to an aromatic ring is 1. The lowest BCUT2D eigenvalue weighted by Gasteiger charge is -2.25. The van der Waals surface area contributed by atoms with Crippen LogP contribution in [0.3, 0.4) is 0 Å². The van der Waals surface area contributed by atoms with Gasteiger partial charge in [0.25, 0.3) is 5.91 Å². The number of aliphatic hydroxyl groups excluding tert-OH is 1. The van der Waals surface area contributed by atoms with Crippen LogP contribution < -0.4 is 11.1 Å². The van der Waals surface area contributed by atoms with Crippen LogP contribution in [0.4, 0.5) is 5.82 Å². The summed E-state index contributed by atoms with van der Waals surface area (Å²) in [5.41, 5.74) is 11.1. The van der Waals surface area contributed by atoms with Crippen LogP contribution in [0.25, 0.3) is 33.4 Å². The van der Waals surface area contributed by atoms with Crippen molar-refractivity contribution in [2.45, 2.75) is 44.4 Å². The minimum Gasteiger partial charge on any atom is -0.452 e. The molecule has 0 spiro atoms. The number of fused-ring (bicyclic) bond motifs is 2. The lowest BCUT2D eigenvalue weighted by Crippen LogP contribution is -2.21. The van der Waals surface area contributed by atoms with Crippen molar-refractivity contribution in [1.82, 2.24) is 20.1 Å². The summed E-state index contributed by atoms with van der Waals surface area (Å²) >= 11 is 0. The van der Waals surface area contributed by atoms with Crippen molar-refractivity contribution < 1.29 is 14.3 Å². The van der Waals surface area contributed by atoms with Crippen molar-refractivity contribution in [2.24, 2.45) is 0 Å². The number of hydrogen-bond donors (Lipinski definition) is 3. The summed E-state index contributed by atoms with van der Waals surface area (Å²) in [6.07, 6.45) is 8.90. The van der Waals surface area contributed by atoms with Gasteiger partial charge in [-0.3, -0.25) is 9.48 Å². The zero-order valence-electron chi connectivity index (χ0n) is 17.4. The summed E-state index contributed by atoms with van der Waals surface area (Å²) < 4.78 is 8.12. The first-order valence-electron chi connectivity index (χ1n) is 10.9. The molecule has 8 heteroatoms. The highest BCUT2D eigenvalue weighted by Gasteiger charge is 2.23. The van der Waals surface area contributed by atoms with Crippen molar-refractivity contribution >= 4 is 22.7 Å². The van der Waals surface area contributed by atoms with Gasteiger partial charge in [0.15, 0.2) is 11.4 Å². The van der Waals surface area contributed by atoms with Crippen LogP contribution in [0.5, 0.6) is 0 Å². The first-order chi connectivity index (χ1) is 15.6. The Morgan fingerprint density at radius 1 is 1.09 bits per heavy atom. The number of benzene rings is 1. The lowest BCUT2D eigenvalue weighted by molar-refractivity contribution is 0.0965. The van der Waals surface area contributed by atoms with Gasteiger partial charge in [-0.15, -0.1) is 0 Å². The van der Waals surface area contributed by atoms with E-state index in [4.69, 9.17) is 10.2 Å². The third-order valence-electron chi connectivity index (χ3n) is 6.61. The molecule has 0 radical (unpaired) electrons.